The van der Waals surface area contributed by atoms with Gasteiger partial charge in [-0.05, 0) is 18.2 Å². The topological polar surface area (TPSA) is 84.0 Å². The zero-order valence-electron chi connectivity index (χ0n) is 9.76. The fourth-order valence-electron chi connectivity index (χ4n) is 1.60. The minimum Gasteiger partial charge on any atom is -0.351 e. The second-order valence-electron chi connectivity index (χ2n) is 3.89. The van der Waals surface area contributed by atoms with Gasteiger partial charge in [0, 0.05) is 25.0 Å². The number of thioether (sulfide) groups is 1. The van der Waals surface area contributed by atoms with E-state index in [0.29, 0.717) is 12.3 Å². The van der Waals surface area contributed by atoms with E-state index in [4.69, 9.17) is 0 Å². The van der Waals surface area contributed by atoms with Gasteiger partial charge >= 0.3 is 0 Å². The molecule has 0 aliphatic carbocycles. The predicted molar refractivity (Wildman–Crippen MR) is 68.2 cm³/mol. The monoisotopic (exact) mass is 266 g/mol. The molecule has 2 heterocycles. The summed E-state index contributed by atoms with van der Waals surface area (Å²) in [5.74, 6) is 1.26. The molecule has 1 aromatic rings. The van der Waals surface area contributed by atoms with Gasteiger partial charge in [0.2, 0.25) is 11.7 Å². The summed E-state index contributed by atoms with van der Waals surface area (Å²) in [7, 11) is 0. The van der Waals surface area contributed by atoms with Crippen LogP contribution in [0.2, 0.25) is 0 Å². The number of amides is 2. The molecule has 2 N–H and O–H groups in total. The number of aromatic nitrogens is 2. The first-order valence-electron chi connectivity index (χ1n) is 5.68. The maximum Gasteiger partial charge on any atom is 0.289 e. The van der Waals surface area contributed by atoms with Crippen LogP contribution >= 0.6 is 11.8 Å². The highest BCUT2D eigenvalue weighted by atomic mass is 32.2. The molecule has 1 aliphatic heterocycles. The predicted octanol–water partition coefficient (Wildman–Crippen LogP) is -0.172. The van der Waals surface area contributed by atoms with Crippen LogP contribution in [0.25, 0.3) is 0 Å². The molecule has 1 aromatic heterocycles. The minimum absolute atomic E-state index is 0.0137. The second-order valence-corrected chi connectivity index (χ2v) is 4.99. The third kappa shape index (κ3) is 3.69. The van der Waals surface area contributed by atoms with Crippen LogP contribution in [0.3, 0.4) is 0 Å². The summed E-state index contributed by atoms with van der Waals surface area (Å²) in [5, 5.41) is 5.60. The summed E-state index contributed by atoms with van der Waals surface area (Å²) in [6.45, 7) is 0.406. The Bertz CT molecular complexity index is 426. The lowest BCUT2D eigenvalue weighted by molar-refractivity contribution is -0.119. The van der Waals surface area contributed by atoms with Crippen molar-refractivity contribution in [2.75, 3.05) is 18.1 Å². The van der Waals surface area contributed by atoms with Gasteiger partial charge in [-0.3, -0.25) is 9.59 Å². The van der Waals surface area contributed by atoms with E-state index in [0.717, 1.165) is 12.2 Å². The fourth-order valence-corrected chi connectivity index (χ4v) is 2.46. The van der Waals surface area contributed by atoms with Crippen molar-refractivity contribution < 1.29 is 9.59 Å². The number of carbonyl (C=O) groups excluding carboxylic acids is 2. The normalized spacial score (nSPS) is 19.8. The number of nitrogens with zero attached hydrogens (tertiary/aromatic N) is 2. The first-order valence-corrected chi connectivity index (χ1v) is 6.83. The first-order chi connectivity index (χ1) is 8.75. The highest BCUT2D eigenvalue weighted by Crippen LogP contribution is 2.09. The van der Waals surface area contributed by atoms with E-state index in [-0.39, 0.29) is 23.7 Å². The van der Waals surface area contributed by atoms with Gasteiger partial charge in [-0.15, -0.1) is 0 Å². The summed E-state index contributed by atoms with van der Waals surface area (Å²) < 4.78 is 0. The average Bonchev–Trinajstić information content (AvgIpc) is 2.61. The Morgan fingerprint density at radius 3 is 3.06 bits per heavy atom. The molecule has 6 nitrogen and oxygen atoms in total. The van der Waals surface area contributed by atoms with Crippen molar-refractivity contribution in [3.8, 4) is 0 Å². The zero-order chi connectivity index (χ0) is 12.8. The summed E-state index contributed by atoms with van der Waals surface area (Å²) in [4.78, 5) is 30.8. The molecule has 1 atom stereocenters. The quantitative estimate of drug-likeness (QED) is 0.793. The van der Waals surface area contributed by atoms with Crippen molar-refractivity contribution in [1.29, 1.82) is 0 Å². The van der Waals surface area contributed by atoms with Gasteiger partial charge in [0.05, 0.1) is 5.75 Å². The van der Waals surface area contributed by atoms with Crippen LogP contribution in [0.15, 0.2) is 18.5 Å². The molecule has 0 bridgehead atoms. The standard InChI is InChI=1S/C11H14N4O2S/c16-9-7-18-5-2-8(15-9)6-14-11(17)10-12-3-1-4-13-10/h1,3-4,8H,2,5-7H2,(H,14,17)(H,15,16). The SMILES string of the molecule is O=C1CSCCC(CNC(=O)c2ncccn2)N1. The zero-order valence-corrected chi connectivity index (χ0v) is 10.6. The lowest BCUT2D eigenvalue weighted by Crippen LogP contribution is -2.43. The Morgan fingerprint density at radius 2 is 2.28 bits per heavy atom. The van der Waals surface area contributed by atoms with Gasteiger partial charge in [-0.25, -0.2) is 9.97 Å². The molecule has 0 saturated carbocycles. The highest BCUT2D eigenvalue weighted by Gasteiger charge is 2.18. The van der Waals surface area contributed by atoms with Gasteiger partial charge in [-0.2, -0.15) is 11.8 Å². The maximum atomic E-state index is 11.7. The Balaban J connectivity index is 1.84. The second kappa shape index (κ2) is 6.34. The number of hydrogen-bond donors (Lipinski definition) is 2. The largest absolute Gasteiger partial charge is 0.351 e. The molecule has 0 radical (unpaired) electrons. The molecule has 7 heteroatoms. The van der Waals surface area contributed by atoms with Crippen molar-refractivity contribution in [2.24, 2.45) is 0 Å². The fraction of sp³-hybridized carbons (Fsp3) is 0.455. The van der Waals surface area contributed by atoms with Gasteiger partial charge in [0.25, 0.3) is 5.91 Å². The molecule has 2 rings (SSSR count). The van der Waals surface area contributed by atoms with Crippen LogP contribution < -0.4 is 10.6 Å². The smallest absolute Gasteiger partial charge is 0.289 e. The maximum absolute atomic E-state index is 11.7. The van der Waals surface area contributed by atoms with Crippen molar-refractivity contribution >= 4 is 23.6 Å². The van der Waals surface area contributed by atoms with Gasteiger partial charge in [0.15, 0.2) is 0 Å². The van der Waals surface area contributed by atoms with Crippen LogP contribution in [0, 0.1) is 0 Å². The van der Waals surface area contributed by atoms with Gasteiger partial charge in [0.1, 0.15) is 0 Å². The summed E-state index contributed by atoms with van der Waals surface area (Å²) in [6, 6.07) is 1.64. The number of hydrogen-bond acceptors (Lipinski definition) is 5. The molecule has 2 amide bonds. The van der Waals surface area contributed by atoms with E-state index < -0.39 is 0 Å². The summed E-state index contributed by atoms with van der Waals surface area (Å²) in [6.07, 6.45) is 3.89. The third-order valence-corrected chi connectivity index (χ3v) is 3.48. The van der Waals surface area contributed by atoms with E-state index in [2.05, 4.69) is 20.6 Å². The molecule has 96 valence electrons. The van der Waals surface area contributed by atoms with Crippen molar-refractivity contribution in [3.63, 3.8) is 0 Å². The van der Waals surface area contributed by atoms with Crippen LogP contribution in [-0.4, -0.2) is 45.9 Å². The van der Waals surface area contributed by atoms with E-state index in [1.54, 1.807) is 17.8 Å². The molecule has 1 aliphatic rings. The van der Waals surface area contributed by atoms with Crippen LogP contribution in [0.5, 0.6) is 0 Å². The van der Waals surface area contributed by atoms with Crippen LogP contribution in [0.4, 0.5) is 0 Å². The average molecular weight is 266 g/mol. The molecule has 1 saturated heterocycles. The Labute approximate surface area is 109 Å². The highest BCUT2D eigenvalue weighted by molar-refractivity contribution is 7.99. The summed E-state index contributed by atoms with van der Waals surface area (Å²) >= 11 is 1.61. The van der Waals surface area contributed by atoms with E-state index in [1.165, 1.54) is 12.4 Å². The molecule has 0 spiro atoms. The lowest BCUT2D eigenvalue weighted by atomic mass is 10.2. The molecule has 0 aromatic carbocycles. The molecule has 1 fully saturated rings. The molecular weight excluding hydrogens is 252 g/mol. The Hall–Kier alpha value is -1.63. The Kier molecular flexibility index (Phi) is 4.52. The molecule has 18 heavy (non-hydrogen) atoms. The van der Waals surface area contributed by atoms with Crippen LogP contribution in [-0.2, 0) is 4.79 Å². The minimum atomic E-state index is -0.318. The van der Waals surface area contributed by atoms with Gasteiger partial charge < -0.3 is 10.6 Å². The summed E-state index contributed by atoms with van der Waals surface area (Å²) in [5.41, 5.74) is 0. The molecular formula is C11H14N4O2S. The van der Waals surface area contributed by atoms with Crippen LogP contribution in [0.1, 0.15) is 17.0 Å². The van der Waals surface area contributed by atoms with Gasteiger partial charge in [-0.1, -0.05) is 0 Å². The molecule has 1 unspecified atom stereocenters. The van der Waals surface area contributed by atoms with Crippen molar-refractivity contribution in [3.05, 3.63) is 24.3 Å². The lowest BCUT2D eigenvalue weighted by Gasteiger charge is -2.15. The number of carbonyl (C=O) groups is 2. The Morgan fingerprint density at radius 1 is 1.50 bits per heavy atom. The first kappa shape index (κ1) is 12.8. The van der Waals surface area contributed by atoms with E-state index >= 15 is 0 Å². The number of rotatable bonds is 3. The van der Waals surface area contributed by atoms with Crippen molar-refractivity contribution in [1.82, 2.24) is 20.6 Å². The van der Waals surface area contributed by atoms with E-state index in [1.807, 2.05) is 0 Å². The van der Waals surface area contributed by atoms with E-state index in [9.17, 15) is 9.59 Å². The van der Waals surface area contributed by atoms with Crippen molar-refractivity contribution in [2.45, 2.75) is 12.5 Å². The number of nitrogens with one attached hydrogen (secondary N) is 2. The third-order valence-electron chi connectivity index (χ3n) is 2.49.